The third-order valence-electron chi connectivity index (χ3n) is 17.3. The first-order valence-corrected chi connectivity index (χ1v) is 41.0. The minimum atomic E-state index is -5.03. The number of benzene rings is 6. The number of methoxy groups -OCH3 is 3. The van der Waals surface area contributed by atoms with Gasteiger partial charge in [-0.2, -0.15) is 41.3 Å². The van der Waals surface area contributed by atoms with E-state index in [0.717, 1.165) is 16.7 Å². The molecule has 0 radical (unpaired) electrons. The Morgan fingerprint density at radius 1 is 0.461 bits per heavy atom. The largest absolute Gasteiger partial charge is 0.495 e. The Kier molecular flexibility index (Phi) is 31.2. The fraction of sp³-hybridized carbons (Fsp3) is 0.351. The summed E-state index contributed by atoms with van der Waals surface area (Å²) in [5, 5.41) is 15.9. The molecule has 0 saturated heterocycles. The average molecular weight is 1740 g/mol. The highest BCUT2D eigenvalue weighted by Gasteiger charge is 2.44. The van der Waals surface area contributed by atoms with E-state index in [4.69, 9.17) is 72.1 Å². The van der Waals surface area contributed by atoms with Gasteiger partial charge in [0.05, 0.1) is 110 Å². The fourth-order valence-corrected chi connectivity index (χ4v) is 15.4. The highest BCUT2D eigenvalue weighted by molar-refractivity contribution is 7.92. The van der Waals surface area contributed by atoms with Crippen LogP contribution in [-0.4, -0.2) is 116 Å². The molecule has 6 aromatic carbocycles. The van der Waals surface area contributed by atoms with Crippen molar-refractivity contribution in [3.8, 4) is 17.2 Å². The van der Waals surface area contributed by atoms with Crippen molar-refractivity contribution in [2.75, 3.05) is 53.6 Å². The van der Waals surface area contributed by atoms with E-state index in [2.05, 4.69) is 56.5 Å². The highest BCUT2D eigenvalue weighted by atomic mass is 35.5. The Hall–Kier alpha value is -9.55. The number of carbonyl (C=O) groups excluding carboxylic acids is 2. The number of aromatic nitrogens is 6. The number of sulfone groups is 3. The van der Waals surface area contributed by atoms with E-state index in [1.807, 2.05) is 38.2 Å². The Morgan fingerprint density at radius 2 is 0.800 bits per heavy atom. The normalized spacial score (nSPS) is 12.1. The SMILES string of the molecule is CC(C)S(=O)(=O)c1ccccc1Nc1nc(Cl)ncc1Cl.COc1cc(C(C)(C)CC(=O)C(F)(F)F)c(C)cc1N.COc1cc(C(C)(C)N)c(C)cc1Nc1ncc(Cl)c(Nc2ccccc2S(=O)(=O)C(C)C)n1.COc1cc(C(C)(C)NC(=O)C(F)(F)F)c(C)cc1Nc1ncc(Cl)c(Nc2ccccc2S(=O)(=O)C(C)C)n1. The molecule has 3 aromatic heterocycles. The zero-order chi connectivity index (χ0) is 86.6. The second kappa shape index (κ2) is 38.0. The summed E-state index contributed by atoms with van der Waals surface area (Å²) in [4.78, 5) is 48.2. The Morgan fingerprint density at radius 3 is 1.16 bits per heavy atom. The smallest absolute Gasteiger partial charge is 0.471 e. The second-order valence-electron chi connectivity index (χ2n) is 28.4. The Labute approximate surface area is 685 Å². The number of ether oxygens (including phenoxy) is 3. The van der Waals surface area contributed by atoms with Crippen molar-refractivity contribution in [3.63, 3.8) is 0 Å². The van der Waals surface area contributed by atoms with E-state index < -0.39 is 92.2 Å². The first-order valence-electron chi connectivity index (χ1n) is 34.8. The van der Waals surface area contributed by atoms with Crippen molar-refractivity contribution in [3.05, 3.63) is 182 Å². The predicted octanol–water partition coefficient (Wildman–Crippen LogP) is 18.4. The fourth-order valence-electron chi connectivity index (χ4n) is 11.2. The van der Waals surface area contributed by atoms with Crippen LogP contribution in [0.3, 0.4) is 0 Å². The third-order valence-corrected chi connectivity index (χ3v) is 24.9. The highest BCUT2D eigenvalue weighted by Crippen LogP contribution is 2.42. The van der Waals surface area contributed by atoms with E-state index in [1.165, 1.54) is 64.9 Å². The molecule has 25 nitrogen and oxygen atoms in total. The van der Waals surface area contributed by atoms with E-state index in [0.29, 0.717) is 56.6 Å². The van der Waals surface area contributed by atoms with Crippen LogP contribution in [0, 0.1) is 20.8 Å². The van der Waals surface area contributed by atoms with Gasteiger partial charge in [0.2, 0.25) is 23.0 Å². The number of nitrogens with two attached hydrogens (primary N) is 2. The van der Waals surface area contributed by atoms with Crippen molar-refractivity contribution < 1.29 is 75.4 Å². The van der Waals surface area contributed by atoms with Crippen LogP contribution in [0.15, 0.2) is 142 Å². The van der Waals surface area contributed by atoms with Crippen molar-refractivity contribution in [2.24, 2.45) is 5.73 Å². The second-order valence-corrected chi connectivity index (χ2v) is 37.4. The molecule has 10 N–H and O–H groups in total. The number of amides is 1. The molecule has 3 heterocycles. The van der Waals surface area contributed by atoms with Gasteiger partial charge in [0.25, 0.3) is 0 Å². The van der Waals surface area contributed by atoms with Gasteiger partial charge in [-0.05, 0) is 213 Å². The zero-order valence-electron chi connectivity index (χ0n) is 65.9. The number of anilines is 11. The monoisotopic (exact) mass is 1740 g/mol. The quantitative estimate of drug-likeness (QED) is 0.0150. The number of Topliss-reactive ketones (excluding diaryl/α,β-unsaturated/α-hetero) is 1. The number of hydrogen-bond acceptors (Lipinski definition) is 24. The van der Waals surface area contributed by atoms with Gasteiger partial charge in [0, 0.05) is 12.0 Å². The molecule has 0 fully saturated rings. The third kappa shape index (κ3) is 24.3. The Balaban J connectivity index is 0.000000248. The number of hydrogen-bond donors (Lipinski definition) is 8. The standard InChI is InChI=1S/C26H29ClF3N5O4S.C24H30ClN5O3S.C14H18F3NO2.C13H13Cl2N3O2S/c1-14(2)40(37,38)21-10-8-7-9-18(21)32-22-17(27)13-31-24(34-22)33-19-11-15(3)16(12-20(19)39-6)25(4,5)35-23(36)26(28,29)30;1-14(2)34(31,32)21-10-8-7-9-18(21)28-22-17(25)13-27-23(30-22)29-19-11-15(3)16(24(4,5)26)12-20(19)33-6;1-8-5-10(18)11(20-4)6-9(8)13(2,3)7-12(19)14(15,16)17;1-8(2)21(19,20)11-6-4-3-5-10(11)17-12-9(14)7-16-13(15)18-12/h7-14H,1-6H3,(H,35,36)(H2,31,32,33,34);7-14H,26H2,1-6H3,(H2,27,28,29,30);5-6H,7,18H2,1-4H3;3-8H,1-2H3,(H,16,17,18). The molecule has 0 aliphatic rings. The summed E-state index contributed by atoms with van der Waals surface area (Å²) >= 11 is 24.3. The van der Waals surface area contributed by atoms with Crippen LogP contribution < -0.4 is 57.6 Å². The van der Waals surface area contributed by atoms with Gasteiger partial charge in [-0.3, -0.25) is 9.59 Å². The molecule has 0 aliphatic carbocycles. The van der Waals surface area contributed by atoms with E-state index in [-0.39, 0.29) is 75.8 Å². The van der Waals surface area contributed by atoms with Gasteiger partial charge in [-0.1, -0.05) is 85.0 Å². The van der Waals surface area contributed by atoms with E-state index >= 15 is 0 Å². The molecular weight excluding hydrogens is 1650 g/mol. The number of aryl methyl sites for hydroxylation is 3. The molecule has 9 aromatic rings. The minimum absolute atomic E-state index is 0.0195. The summed E-state index contributed by atoms with van der Waals surface area (Å²) in [6.45, 7) is 25.0. The molecule has 0 atom stereocenters. The van der Waals surface area contributed by atoms with Crippen molar-refractivity contribution in [1.29, 1.82) is 0 Å². The van der Waals surface area contributed by atoms with Gasteiger partial charge in [-0.15, -0.1) is 0 Å². The molecule has 1 amide bonds. The lowest BCUT2D eigenvalue weighted by atomic mass is 9.77. The van der Waals surface area contributed by atoms with Crippen molar-refractivity contribution in [1.82, 2.24) is 35.2 Å². The number of nitrogen functional groups attached to an aromatic ring is 1. The predicted molar refractivity (Wildman–Crippen MR) is 440 cm³/mol. The number of para-hydroxylation sites is 3. The molecule has 0 saturated carbocycles. The molecular formula is C77H90Cl4F6N14O11S3. The van der Waals surface area contributed by atoms with Crippen LogP contribution in [0.4, 0.5) is 89.8 Å². The van der Waals surface area contributed by atoms with Crippen molar-refractivity contribution in [2.45, 2.75) is 170 Å². The number of alkyl halides is 6. The summed E-state index contributed by atoms with van der Waals surface area (Å²) in [6, 6.07) is 29.7. The van der Waals surface area contributed by atoms with E-state index in [9.17, 15) is 61.2 Å². The summed E-state index contributed by atoms with van der Waals surface area (Å²) < 4.78 is 168. The number of nitrogens with one attached hydrogen (secondary N) is 6. The summed E-state index contributed by atoms with van der Waals surface area (Å²) in [7, 11) is -6.19. The molecule has 0 bridgehead atoms. The first-order chi connectivity index (χ1) is 53.1. The summed E-state index contributed by atoms with van der Waals surface area (Å²) in [6.07, 6.45) is -6.36. The first kappa shape index (κ1) is 94.3. The molecule has 38 heteroatoms. The lowest BCUT2D eigenvalue weighted by Crippen LogP contribution is -2.47. The summed E-state index contributed by atoms with van der Waals surface area (Å²) in [5.74, 6) is -1.60. The van der Waals surface area contributed by atoms with Crippen LogP contribution in [0.1, 0.15) is 123 Å². The molecule has 0 unspecified atom stereocenters. The molecule has 0 aliphatic heterocycles. The van der Waals surface area contributed by atoms with Gasteiger partial charge in [0.1, 0.15) is 32.3 Å². The lowest BCUT2D eigenvalue weighted by molar-refractivity contribution is -0.175. The zero-order valence-corrected chi connectivity index (χ0v) is 71.4. The van der Waals surface area contributed by atoms with Gasteiger partial charge >= 0.3 is 18.3 Å². The Bertz CT molecular complexity index is 5390. The maximum Gasteiger partial charge on any atom is 0.471 e. The number of nitrogens with zero attached hydrogens (tertiary/aromatic N) is 6. The summed E-state index contributed by atoms with van der Waals surface area (Å²) in [5.41, 5.74) is 15.9. The molecule has 622 valence electrons. The van der Waals surface area contributed by atoms with Gasteiger partial charge in [-0.25, -0.2) is 40.2 Å². The van der Waals surface area contributed by atoms with Crippen LogP contribution in [0.2, 0.25) is 20.4 Å². The molecule has 115 heavy (non-hydrogen) atoms. The van der Waals surface area contributed by atoms with Gasteiger partial charge < -0.3 is 57.6 Å². The number of rotatable bonds is 25. The minimum Gasteiger partial charge on any atom is -0.495 e. The average Bonchev–Trinajstić information content (AvgIpc) is 0.797. The van der Waals surface area contributed by atoms with Crippen LogP contribution in [0.25, 0.3) is 0 Å². The van der Waals surface area contributed by atoms with Crippen LogP contribution in [-0.2, 0) is 55.6 Å². The maximum absolute atomic E-state index is 12.9. The number of halogens is 10. The lowest BCUT2D eigenvalue weighted by Gasteiger charge is -2.30. The van der Waals surface area contributed by atoms with Crippen molar-refractivity contribution >= 4 is 151 Å². The van der Waals surface area contributed by atoms with Crippen LogP contribution in [0.5, 0.6) is 17.2 Å². The maximum atomic E-state index is 12.9. The van der Waals surface area contributed by atoms with E-state index in [1.54, 1.807) is 155 Å². The topological polar surface area (TPSA) is 366 Å². The molecule has 0 spiro atoms. The van der Waals surface area contributed by atoms with Gasteiger partial charge in [0.15, 0.2) is 47.0 Å². The number of carbonyl (C=O) groups is 2. The molecule has 9 rings (SSSR count). The number of ketones is 1. The van der Waals surface area contributed by atoms with Crippen LogP contribution >= 0.6 is 46.4 Å².